The highest BCUT2D eigenvalue weighted by Crippen LogP contribution is 2.29. The van der Waals surface area contributed by atoms with Crippen LogP contribution in [0, 0.1) is 5.82 Å². The number of carbonyl (C=O) groups is 1. The molecular weight excluding hydrogens is 437 g/mol. The van der Waals surface area contributed by atoms with Crippen LogP contribution in [0.2, 0.25) is 0 Å². The number of nitrogens with zero attached hydrogens (tertiary/aromatic N) is 3. The number of halogens is 1. The minimum Gasteiger partial charge on any atom is -0.497 e. The van der Waals surface area contributed by atoms with E-state index in [1.165, 1.54) is 28.9 Å². The van der Waals surface area contributed by atoms with Crippen molar-refractivity contribution < 1.29 is 23.4 Å². The van der Waals surface area contributed by atoms with Crippen LogP contribution in [-0.4, -0.2) is 40.8 Å². The summed E-state index contributed by atoms with van der Waals surface area (Å²) >= 11 is 1.15. The smallest absolute Gasteiger partial charge is 0.230 e. The lowest BCUT2D eigenvalue weighted by molar-refractivity contribution is -0.119. The van der Waals surface area contributed by atoms with Gasteiger partial charge in [0.1, 0.15) is 29.7 Å². The van der Waals surface area contributed by atoms with Crippen LogP contribution < -0.4 is 25.4 Å². The molecule has 0 aliphatic carbocycles. The Labute approximate surface area is 189 Å². The van der Waals surface area contributed by atoms with E-state index in [0.29, 0.717) is 28.2 Å². The molecule has 0 fully saturated rings. The van der Waals surface area contributed by atoms with Gasteiger partial charge in [0.25, 0.3) is 0 Å². The average Bonchev–Trinajstić information content (AvgIpc) is 3.16. The summed E-state index contributed by atoms with van der Waals surface area (Å²) in [6.07, 6.45) is 0. The molecule has 0 aliphatic rings. The van der Waals surface area contributed by atoms with Crippen molar-refractivity contribution in [2.24, 2.45) is 0 Å². The summed E-state index contributed by atoms with van der Waals surface area (Å²) in [6.45, 7) is 1.91. The Morgan fingerprint density at radius 2 is 1.88 bits per heavy atom. The SMILES string of the molecule is COc1ccc(OC)c(C(C)NC(=O)CSc2nnc(COc3ccc(F)cc3)n2N)c1. The summed E-state index contributed by atoms with van der Waals surface area (Å²) in [5, 5.41) is 11.3. The number of thioether (sulfide) groups is 1. The maximum absolute atomic E-state index is 13.0. The molecule has 11 heteroatoms. The van der Waals surface area contributed by atoms with E-state index in [1.807, 2.05) is 13.0 Å². The molecule has 32 heavy (non-hydrogen) atoms. The van der Waals surface area contributed by atoms with Gasteiger partial charge in [0.15, 0.2) is 5.82 Å². The zero-order chi connectivity index (χ0) is 23.1. The molecule has 1 aromatic heterocycles. The third kappa shape index (κ3) is 5.82. The molecule has 2 aromatic carbocycles. The molecule has 3 rings (SSSR count). The highest BCUT2D eigenvalue weighted by Gasteiger charge is 2.17. The van der Waals surface area contributed by atoms with Gasteiger partial charge in [-0.15, -0.1) is 10.2 Å². The predicted molar refractivity (Wildman–Crippen MR) is 118 cm³/mol. The monoisotopic (exact) mass is 461 g/mol. The summed E-state index contributed by atoms with van der Waals surface area (Å²) in [5.74, 6) is 7.70. The van der Waals surface area contributed by atoms with E-state index in [2.05, 4.69) is 15.5 Å². The second-order valence-electron chi connectivity index (χ2n) is 6.70. The Morgan fingerprint density at radius 3 is 2.56 bits per heavy atom. The van der Waals surface area contributed by atoms with Gasteiger partial charge in [0.05, 0.1) is 26.0 Å². The van der Waals surface area contributed by atoms with E-state index >= 15 is 0 Å². The topological polar surface area (TPSA) is 114 Å². The van der Waals surface area contributed by atoms with Gasteiger partial charge in [-0.05, 0) is 49.4 Å². The van der Waals surface area contributed by atoms with E-state index in [4.69, 9.17) is 20.1 Å². The first kappa shape index (κ1) is 23.2. The average molecular weight is 462 g/mol. The number of aromatic nitrogens is 3. The Balaban J connectivity index is 1.54. The first-order chi connectivity index (χ1) is 15.4. The Bertz CT molecular complexity index is 1060. The highest BCUT2D eigenvalue weighted by molar-refractivity contribution is 7.99. The van der Waals surface area contributed by atoms with Gasteiger partial charge < -0.3 is 25.4 Å². The van der Waals surface area contributed by atoms with E-state index in [-0.39, 0.29) is 30.1 Å². The molecule has 3 aromatic rings. The van der Waals surface area contributed by atoms with Crippen LogP contribution in [0.15, 0.2) is 47.6 Å². The number of hydrogen-bond donors (Lipinski definition) is 2. The fraction of sp³-hybridized carbons (Fsp3) is 0.286. The van der Waals surface area contributed by atoms with Crippen molar-refractivity contribution >= 4 is 17.7 Å². The lowest BCUT2D eigenvalue weighted by Crippen LogP contribution is -2.28. The minimum atomic E-state index is -0.351. The molecule has 0 radical (unpaired) electrons. The van der Waals surface area contributed by atoms with Crippen molar-refractivity contribution in [1.82, 2.24) is 20.2 Å². The first-order valence-corrected chi connectivity index (χ1v) is 10.6. The van der Waals surface area contributed by atoms with E-state index in [0.717, 1.165) is 17.3 Å². The largest absolute Gasteiger partial charge is 0.497 e. The lowest BCUT2D eigenvalue weighted by atomic mass is 10.1. The van der Waals surface area contributed by atoms with Crippen molar-refractivity contribution in [3.63, 3.8) is 0 Å². The van der Waals surface area contributed by atoms with Gasteiger partial charge in [0.2, 0.25) is 11.1 Å². The first-order valence-electron chi connectivity index (χ1n) is 9.63. The summed E-state index contributed by atoms with van der Waals surface area (Å²) in [6, 6.07) is 10.7. The van der Waals surface area contributed by atoms with Crippen LogP contribution in [0.25, 0.3) is 0 Å². The second kappa shape index (κ2) is 10.7. The molecule has 1 amide bonds. The summed E-state index contributed by atoms with van der Waals surface area (Å²) in [4.78, 5) is 12.5. The van der Waals surface area contributed by atoms with Gasteiger partial charge in [0, 0.05) is 5.56 Å². The third-order valence-corrected chi connectivity index (χ3v) is 5.47. The van der Waals surface area contributed by atoms with Gasteiger partial charge in [-0.1, -0.05) is 11.8 Å². The number of carbonyl (C=O) groups excluding carboxylic acids is 1. The lowest BCUT2D eigenvalue weighted by Gasteiger charge is -2.18. The molecule has 0 saturated heterocycles. The van der Waals surface area contributed by atoms with Crippen LogP contribution in [0.3, 0.4) is 0 Å². The zero-order valence-electron chi connectivity index (χ0n) is 17.9. The number of benzene rings is 2. The number of rotatable bonds is 10. The van der Waals surface area contributed by atoms with E-state index in [1.54, 1.807) is 26.4 Å². The van der Waals surface area contributed by atoms with Crippen molar-refractivity contribution in [2.75, 3.05) is 25.8 Å². The third-order valence-electron chi connectivity index (χ3n) is 4.53. The maximum atomic E-state index is 13.0. The van der Waals surface area contributed by atoms with Crippen LogP contribution in [0.4, 0.5) is 4.39 Å². The van der Waals surface area contributed by atoms with Crippen LogP contribution >= 0.6 is 11.8 Å². The molecule has 1 atom stereocenters. The fourth-order valence-corrected chi connectivity index (χ4v) is 3.54. The standard InChI is InChI=1S/C21H24FN5O4S/c1-13(17-10-16(29-2)8-9-18(17)30-3)24-20(28)12-32-21-26-25-19(27(21)23)11-31-15-6-4-14(22)5-7-15/h4-10,13H,11-12,23H2,1-3H3,(H,24,28). The molecule has 1 unspecified atom stereocenters. The molecular formula is C21H24FN5O4S. The van der Waals surface area contributed by atoms with Crippen LogP contribution in [-0.2, 0) is 11.4 Å². The highest BCUT2D eigenvalue weighted by atomic mass is 32.2. The Kier molecular flexibility index (Phi) is 7.77. The molecule has 3 N–H and O–H groups in total. The second-order valence-corrected chi connectivity index (χ2v) is 7.64. The molecule has 0 saturated carbocycles. The van der Waals surface area contributed by atoms with Crippen LogP contribution in [0.1, 0.15) is 24.4 Å². The van der Waals surface area contributed by atoms with E-state index in [9.17, 15) is 9.18 Å². The quantitative estimate of drug-likeness (QED) is 0.350. The molecule has 0 bridgehead atoms. The Morgan fingerprint density at radius 1 is 1.16 bits per heavy atom. The van der Waals surface area contributed by atoms with Crippen molar-refractivity contribution in [3.8, 4) is 17.2 Å². The Hall–Kier alpha value is -3.47. The minimum absolute atomic E-state index is 0.0502. The molecule has 1 heterocycles. The van der Waals surface area contributed by atoms with E-state index < -0.39 is 0 Å². The van der Waals surface area contributed by atoms with Crippen molar-refractivity contribution in [1.29, 1.82) is 0 Å². The molecule has 170 valence electrons. The van der Waals surface area contributed by atoms with Crippen molar-refractivity contribution in [2.45, 2.75) is 24.7 Å². The van der Waals surface area contributed by atoms with Gasteiger partial charge in [-0.3, -0.25) is 4.79 Å². The normalized spacial score (nSPS) is 11.6. The predicted octanol–water partition coefficient (Wildman–Crippen LogP) is 2.70. The maximum Gasteiger partial charge on any atom is 0.230 e. The number of nitrogen functional groups attached to an aromatic ring is 1. The number of nitrogens with two attached hydrogens (primary N) is 1. The van der Waals surface area contributed by atoms with Crippen molar-refractivity contribution in [3.05, 3.63) is 59.7 Å². The van der Waals surface area contributed by atoms with Gasteiger partial charge in [-0.2, -0.15) is 0 Å². The fourth-order valence-electron chi connectivity index (χ4n) is 2.85. The zero-order valence-corrected chi connectivity index (χ0v) is 18.7. The number of nitrogens with one attached hydrogen (secondary N) is 1. The number of ether oxygens (including phenoxy) is 3. The van der Waals surface area contributed by atoms with Gasteiger partial charge in [-0.25, -0.2) is 9.07 Å². The summed E-state index contributed by atoms with van der Waals surface area (Å²) in [5.41, 5.74) is 0.799. The molecule has 9 nitrogen and oxygen atoms in total. The number of amides is 1. The van der Waals surface area contributed by atoms with Gasteiger partial charge >= 0.3 is 0 Å². The van der Waals surface area contributed by atoms with Crippen LogP contribution in [0.5, 0.6) is 17.2 Å². The number of methoxy groups -OCH3 is 2. The molecule has 0 aliphatic heterocycles. The molecule has 0 spiro atoms. The summed E-state index contributed by atoms with van der Waals surface area (Å²) < 4.78 is 30.4. The summed E-state index contributed by atoms with van der Waals surface area (Å²) in [7, 11) is 3.15. The number of hydrogen-bond acceptors (Lipinski definition) is 8.